The zero-order valence-electron chi connectivity index (χ0n) is 22.7. The van der Waals surface area contributed by atoms with Gasteiger partial charge in [-0.15, -0.1) is 0 Å². The minimum atomic E-state index is -4.65. The van der Waals surface area contributed by atoms with Crippen LogP contribution < -0.4 is 10.1 Å². The molecule has 0 unspecified atom stereocenters. The fraction of sp³-hybridized carbons (Fsp3) is 0.333. The summed E-state index contributed by atoms with van der Waals surface area (Å²) in [5.74, 6) is -0.00708. The van der Waals surface area contributed by atoms with Crippen LogP contribution in [0.4, 0.5) is 18.9 Å². The number of ether oxygens (including phenoxy) is 1. The molecule has 3 aromatic rings. The Bertz CT molecular complexity index is 1490. The first kappa shape index (κ1) is 28.3. The largest absolute Gasteiger partial charge is 0.491 e. The van der Waals surface area contributed by atoms with E-state index in [1.165, 1.54) is 31.4 Å². The molecule has 0 aliphatic carbocycles. The highest BCUT2D eigenvalue weighted by atomic mass is 19.4. The van der Waals surface area contributed by atoms with Gasteiger partial charge in [-0.2, -0.15) is 18.3 Å². The number of amides is 1. The van der Waals surface area contributed by atoms with Crippen LogP contribution in [0, 0.1) is 6.92 Å². The van der Waals surface area contributed by atoms with Crippen molar-refractivity contribution < 1.29 is 22.7 Å². The molecule has 1 N–H and O–H groups in total. The second-order valence-electron chi connectivity index (χ2n) is 9.97. The number of nitrogens with one attached hydrogen (secondary N) is 1. The highest BCUT2D eigenvalue weighted by Gasteiger charge is 2.35. The molecule has 1 amide bonds. The number of piperidine rings is 1. The number of pyridine rings is 1. The molecule has 41 heavy (non-hydrogen) atoms. The smallest absolute Gasteiger partial charge is 0.433 e. The number of aromatic nitrogens is 3. The van der Waals surface area contributed by atoms with Gasteiger partial charge in [0.15, 0.2) is 0 Å². The number of aliphatic imine (C=N–C) groups is 1. The summed E-state index contributed by atoms with van der Waals surface area (Å²) in [6.45, 7) is 5.56. The van der Waals surface area contributed by atoms with Crippen molar-refractivity contribution >= 4 is 17.3 Å². The van der Waals surface area contributed by atoms with E-state index >= 15 is 0 Å². The van der Waals surface area contributed by atoms with Crippen LogP contribution in [-0.2, 0) is 4.79 Å². The lowest BCUT2D eigenvalue weighted by atomic mass is 10.1. The predicted molar refractivity (Wildman–Crippen MR) is 151 cm³/mol. The molecule has 8 nitrogen and oxygen atoms in total. The van der Waals surface area contributed by atoms with Gasteiger partial charge in [0.05, 0.1) is 11.9 Å². The van der Waals surface area contributed by atoms with E-state index in [-0.39, 0.29) is 12.1 Å². The molecule has 0 spiro atoms. The maximum absolute atomic E-state index is 13.2. The topological polar surface area (TPSA) is 84.6 Å². The number of benzene rings is 1. The summed E-state index contributed by atoms with van der Waals surface area (Å²) in [5, 5.41) is 7.19. The number of carbonyl (C=O) groups is 1. The number of nitrogens with zero attached hydrogens (tertiary/aromatic N) is 5. The van der Waals surface area contributed by atoms with Crippen molar-refractivity contribution in [3.63, 3.8) is 0 Å². The SMILES string of the molecule is Cc1ccc(NC(=O)C2=CCC=CC(C(F)(F)F)=N2)cc1-n1cc(-c2cnccc2OCCN2CCCCC2)cn1. The molecule has 5 rings (SSSR count). The van der Waals surface area contributed by atoms with Crippen molar-refractivity contribution in [3.05, 3.63) is 78.5 Å². The predicted octanol–water partition coefficient (Wildman–Crippen LogP) is 5.89. The van der Waals surface area contributed by atoms with Crippen LogP contribution in [0.3, 0.4) is 0 Å². The first-order valence-electron chi connectivity index (χ1n) is 13.6. The van der Waals surface area contributed by atoms with Gasteiger partial charge in [-0.1, -0.05) is 18.6 Å². The molecule has 214 valence electrons. The average Bonchev–Trinajstić information content (AvgIpc) is 3.30. The number of halogens is 3. The molecule has 1 aromatic carbocycles. The summed E-state index contributed by atoms with van der Waals surface area (Å²) in [7, 11) is 0. The number of carbonyl (C=O) groups excluding carboxylic acids is 1. The first-order valence-corrected chi connectivity index (χ1v) is 13.6. The molecule has 1 fully saturated rings. The van der Waals surface area contributed by atoms with E-state index in [0.717, 1.165) is 48.2 Å². The number of hydrogen-bond acceptors (Lipinski definition) is 6. The Morgan fingerprint density at radius 3 is 2.76 bits per heavy atom. The van der Waals surface area contributed by atoms with E-state index in [2.05, 4.69) is 25.3 Å². The molecule has 4 heterocycles. The van der Waals surface area contributed by atoms with Gasteiger partial charge in [0.25, 0.3) is 5.91 Å². The molecule has 0 saturated carbocycles. The Kier molecular flexibility index (Phi) is 8.63. The molecule has 0 bridgehead atoms. The van der Waals surface area contributed by atoms with Crippen molar-refractivity contribution in [2.24, 2.45) is 4.99 Å². The van der Waals surface area contributed by atoms with E-state index in [1.807, 2.05) is 19.2 Å². The van der Waals surface area contributed by atoms with E-state index in [4.69, 9.17) is 4.74 Å². The molecule has 0 atom stereocenters. The van der Waals surface area contributed by atoms with Crippen molar-refractivity contribution in [3.8, 4) is 22.6 Å². The van der Waals surface area contributed by atoms with Crippen molar-refractivity contribution in [1.82, 2.24) is 19.7 Å². The summed E-state index contributed by atoms with van der Waals surface area (Å²) < 4.78 is 47.4. The first-order chi connectivity index (χ1) is 19.8. The van der Waals surface area contributed by atoms with Gasteiger partial charge in [0, 0.05) is 41.9 Å². The van der Waals surface area contributed by atoms with Gasteiger partial charge < -0.3 is 10.1 Å². The van der Waals surface area contributed by atoms with E-state index in [1.54, 1.807) is 41.5 Å². The van der Waals surface area contributed by atoms with Crippen LogP contribution in [0.2, 0.25) is 0 Å². The standard InChI is InChI=1S/C30H31F3N6O2/c1-21-9-10-23(36-29(40)25-7-3-4-8-28(37-25)30(31,32)33)17-26(21)39-20-22(18-35-39)24-19-34-12-11-27(24)41-16-15-38-13-5-2-6-14-38/h4,7-12,17-20H,2-3,5-6,13-16H2,1H3,(H,36,40). The molecular weight excluding hydrogens is 533 g/mol. The number of rotatable bonds is 8. The van der Waals surface area contributed by atoms with Crippen LogP contribution in [-0.4, -0.2) is 63.7 Å². The van der Waals surface area contributed by atoms with Crippen molar-refractivity contribution in [2.45, 2.75) is 38.8 Å². The number of alkyl halides is 3. The third-order valence-corrected chi connectivity index (χ3v) is 6.99. The fourth-order valence-electron chi connectivity index (χ4n) is 4.79. The summed E-state index contributed by atoms with van der Waals surface area (Å²) in [6, 6.07) is 7.04. The van der Waals surface area contributed by atoms with E-state index in [0.29, 0.717) is 18.0 Å². The van der Waals surface area contributed by atoms with Crippen LogP contribution in [0.1, 0.15) is 31.2 Å². The van der Waals surface area contributed by atoms with Gasteiger partial charge in [0.2, 0.25) is 0 Å². The molecule has 0 radical (unpaired) electrons. The molecule has 2 aliphatic heterocycles. The summed E-state index contributed by atoms with van der Waals surface area (Å²) in [5.41, 5.74) is 2.19. The van der Waals surface area contributed by atoms with Crippen LogP contribution in [0.15, 0.2) is 78.0 Å². The molecule has 11 heteroatoms. The van der Waals surface area contributed by atoms with Gasteiger partial charge in [0.1, 0.15) is 23.8 Å². The number of likely N-dealkylation sites (tertiary alicyclic amines) is 1. The third kappa shape index (κ3) is 7.10. The number of anilines is 1. The second-order valence-corrected chi connectivity index (χ2v) is 9.97. The highest BCUT2D eigenvalue weighted by molar-refractivity contribution is 6.08. The minimum Gasteiger partial charge on any atom is -0.491 e. The number of allylic oxidation sites excluding steroid dienone is 3. The summed E-state index contributed by atoms with van der Waals surface area (Å²) in [6.07, 6.45) is 9.82. The summed E-state index contributed by atoms with van der Waals surface area (Å²) >= 11 is 0. The second kappa shape index (κ2) is 12.5. The van der Waals surface area contributed by atoms with E-state index < -0.39 is 17.8 Å². The van der Waals surface area contributed by atoms with Gasteiger partial charge in [-0.25, -0.2) is 9.67 Å². The highest BCUT2D eigenvalue weighted by Crippen LogP contribution is 2.30. The molecule has 1 saturated heterocycles. The van der Waals surface area contributed by atoms with Gasteiger partial charge >= 0.3 is 6.18 Å². The van der Waals surface area contributed by atoms with Gasteiger partial charge in [-0.3, -0.25) is 14.7 Å². The lowest BCUT2D eigenvalue weighted by molar-refractivity contribution is -0.112. The summed E-state index contributed by atoms with van der Waals surface area (Å²) in [4.78, 5) is 23.1. The lowest BCUT2D eigenvalue weighted by Crippen LogP contribution is -2.33. The normalized spacial score (nSPS) is 16.1. The fourth-order valence-corrected chi connectivity index (χ4v) is 4.79. The van der Waals surface area contributed by atoms with Crippen LogP contribution >= 0.6 is 0 Å². The van der Waals surface area contributed by atoms with Crippen molar-refractivity contribution in [1.29, 1.82) is 0 Å². The average molecular weight is 565 g/mol. The third-order valence-electron chi connectivity index (χ3n) is 6.99. The number of aryl methyl sites for hydroxylation is 1. The minimum absolute atomic E-state index is 0.166. The van der Waals surface area contributed by atoms with Crippen molar-refractivity contribution in [2.75, 3.05) is 31.6 Å². The van der Waals surface area contributed by atoms with E-state index in [9.17, 15) is 18.0 Å². The monoisotopic (exact) mass is 564 g/mol. The Morgan fingerprint density at radius 1 is 1.12 bits per heavy atom. The Morgan fingerprint density at radius 2 is 1.95 bits per heavy atom. The zero-order valence-corrected chi connectivity index (χ0v) is 22.7. The van der Waals surface area contributed by atoms with Crippen LogP contribution in [0.5, 0.6) is 5.75 Å². The van der Waals surface area contributed by atoms with Gasteiger partial charge in [-0.05, 0) is 75.2 Å². The quantitative estimate of drug-likeness (QED) is 0.369. The maximum Gasteiger partial charge on any atom is 0.433 e. The molecule has 2 aromatic heterocycles. The Labute approximate surface area is 236 Å². The Balaban J connectivity index is 1.31. The lowest BCUT2D eigenvalue weighted by Gasteiger charge is -2.26. The maximum atomic E-state index is 13.2. The Hall–Kier alpha value is -4.25. The molecule has 2 aliphatic rings. The zero-order chi connectivity index (χ0) is 28.8. The van der Waals surface area contributed by atoms with Crippen LogP contribution in [0.25, 0.3) is 16.8 Å². The number of hydrogen-bond donors (Lipinski definition) is 1. The molecular formula is C30H31F3N6O2.